The van der Waals surface area contributed by atoms with Crippen molar-refractivity contribution in [2.24, 2.45) is 0 Å². The molecular weight excluding hydrogens is 268 g/mol. The van der Waals surface area contributed by atoms with E-state index in [2.05, 4.69) is 26.7 Å². The van der Waals surface area contributed by atoms with Gasteiger partial charge in [0.05, 0.1) is 20.6 Å². The fourth-order valence-electron chi connectivity index (χ4n) is 2.55. The second kappa shape index (κ2) is 8.00. The summed E-state index contributed by atoms with van der Waals surface area (Å²) in [5.41, 5.74) is 1.28. The van der Waals surface area contributed by atoms with Crippen LogP contribution in [0.15, 0.2) is 24.3 Å². The van der Waals surface area contributed by atoms with Crippen LogP contribution >= 0.6 is 0 Å². The number of hydrogen-bond donors (Lipinski definition) is 0. The Hall–Kier alpha value is -1.59. The highest BCUT2D eigenvalue weighted by molar-refractivity contribution is 5.69. The third-order valence-electron chi connectivity index (χ3n) is 3.87. The van der Waals surface area contributed by atoms with Gasteiger partial charge in [0.25, 0.3) is 0 Å². The van der Waals surface area contributed by atoms with E-state index in [1.807, 2.05) is 12.1 Å². The van der Waals surface area contributed by atoms with Gasteiger partial charge < -0.3 is 14.4 Å². The van der Waals surface area contributed by atoms with Crippen LogP contribution in [0.25, 0.3) is 0 Å². The summed E-state index contributed by atoms with van der Waals surface area (Å²) in [6.45, 7) is 5.79. The molecule has 5 nitrogen and oxygen atoms in total. The largest absolute Gasteiger partial charge is 0.497 e. The van der Waals surface area contributed by atoms with E-state index in [1.54, 1.807) is 7.11 Å². The molecule has 0 N–H and O–H groups in total. The lowest BCUT2D eigenvalue weighted by atomic mass is 10.2. The summed E-state index contributed by atoms with van der Waals surface area (Å²) in [6.07, 6.45) is 0.479. The lowest BCUT2D eigenvalue weighted by Gasteiger charge is -2.34. The van der Waals surface area contributed by atoms with Gasteiger partial charge in [-0.25, -0.2) is 0 Å². The maximum Gasteiger partial charge on any atom is 0.306 e. The Bertz CT molecular complexity index is 457. The van der Waals surface area contributed by atoms with E-state index < -0.39 is 0 Å². The molecule has 0 aromatic heterocycles. The first-order valence-electron chi connectivity index (χ1n) is 7.35. The number of carbonyl (C=O) groups is 1. The van der Waals surface area contributed by atoms with Crippen molar-refractivity contribution in [3.8, 4) is 5.75 Å². The van der Waals surface area contributed by atoms with Gasteiger partial charge in [-0.3, -0.25) is 9.69 Å². The van der Waals surface area contributed by atoms with Gasteiger partial charge in [-0.1, -0.05) is 12.1 Å². The van der Waals surface area contributed by atoms with Crippen molar-refractivity contribution in [1.82, 2.24) is 9.80 Å². The Balaban J connectivity index is 1.74. The van der Waals surface area contributed by atoms with Crippen molar-refractivity contribution >= 4 is 5.97 Å². The van der Waals surface area contributed by atoms with E-state index in [1.165, 1.54) is 12.7 Å². The molecule has 0 unspecified atom stereocenters. The van der Waals surface area contributed by atoms with Gasteiger partial charge in [0, 0.05) is 39.3 Å². The molecule has 0 saturated carbocycles. The topological polar surface area (TPSA) is 42.0 Å². The second-order valence-electron chi connectivity index (χ2n) is 5.30. The number of rotatable bonds is 6. The minimum absolute atomic E-state index is 0.131. The van der Waals surface area contributed by atoms with Crippen molar-refractivity contribution < 1.29 is 14.3 Å². The zero-order valence-electron chi connectivity index (χ0n) is 12.9. The van der Waals surface area contributed by atoms with Crippen LogP contribution in [0.5, 0.6) is 5.75 Å². The third-order valence-corrected chi connectivity index (χ3v) is 3.87. The van der Waals surface area contributed by atoms with Crippen molar-refractivity contribution in [2.45, 2.75) is 13.0 Å². The first kappa shape index (κ1) is 15.8. The molecule has 0 atom stereocenters. The molecule has 1 aliphatic heterocycles. The average Bonchev–Trinajstić information content (AvgIpc) is 2.54. The van der Waals surface area contributed by atoms with Crippen molar-refractivity contribution in [3.63, 3.8) is 0 Å². The van der Waals surface area contributed by atoms with Crippen molar-refractivity contribution in [2.75, 3.05) is 46.9 Å². The van der Waals surface area contributed by atoms with E-state index in [0.29, 0.717) is 6.42 Å². The Kier molecular flexibility index (Phi) is 6.02. The minimum atomic E-state index is -0.131. The molecule has 1 aliphatic rings. The van der Waals surface area contributed by atoms with Crippen LogP contribution in [0.3, 0.4) is 0 Å². The molecule has 116 valence electrons. The zero-order chi connectivity index (χ0) is 15.1. The maximum atomic E-state index is 11.1. The fourth-order valence-corrected chi connectivity index (χ4v) is 2.55. The van der Waals surface area contributed by atoms with Gasteiger partial charge in [-0.2, -0.15) is 0 Å². The Morgan fingerprint density at radius 2 is 1.86 bits per heavy atom. The molecule has 1 aromatic carbocycles. The molecule has 0 radical (unpaired) electrons. The van der Waals surface area contributed by atoms with Gasteiger partial charge >= 0.3 is 5.97 Å². The highest BCUT2D eigenvalue weighted by Crippen LogP contribution is 2.15. The highest BCUT2D eigenvalue weighted by atomic mass is 16.5. The minimum Gasteiger partial charge on any atom is -0.497 e. The molecule has 1 fully saturated rings. The van der Waals surface area contributed by atoms with E-state index in [-0.39, 0.29) is 5.97 Å². The van der Waals surface area contributed by atoms with Crippen LogP contribution in [0.1, 0.15) is 12.0 Å². The van der Waals surface area contributed by atoms with Gasteiger partial charge in [0.2, 0.25) is 0 Å². The van der Waals surface area contributed by atoms with Crippen LogP contribution in [0.4, 0.5) is 0 Å². The predicted molar refractivity (Wildman–Crippen MR) is 81.3 cm³/mol. The first-order chi connectivity index (χ1) is 10.2. The normalized spacial score (nSPS) is 16.7. The van der Waals surface area contributed by atoms with Crippen molar-refractivity contribution in [3.05, 3.63) is 29.8 Å². The molecule has 0 bridgehead atoms. The summed E-state index contributed by atoms with van der Waals surface area (Å²) in [4.78, 5) is 15.9. The van der Waals surface area contributed by atoms with Crippen LogP contribution in [-0.2, 0) is 16.1 Å². The van der Waals surface area contributed by atoms with Gasteiger partial charge in [-0.05, 0) is 17.7 Å². The summed E-state index contributed by atoms with van der Waals surface area (Å²) in [5, 5.41) is 0. The summed E-state index contributed by atoms with van der Waals surface area (Å²) in [5.74, 6) is 0.776. The number of methoxy groups -OCH3 is 2. The van der Waals surface area contributed by atoms with Crippen LogP contribution in [0, 0.1) is 0 Å². The Morgan fingerprint density at radius 1 is 1.14 bits per heavy atom. The highest BCUT2D eigenvalue weighted by Gasteiger charge is 2.17. The van der Waals surface area contributed by atoms with Crippen molar-refractivity contribution in [1.29, 1.82) is 0 Å². The van der Waals surface area contributed by atoms with E-state index in [4.69, 9.17) is 4.74 Å². The summed E-state index contributed by atoms with van der Waals surface area (Å²) in [7, 11) is 3.13. The molecule has 1 saturated heterocycles. The molecule has 0 spiro atoms. The third kappa shape index (κ3) is 5.02. The zero-order valence-corrected chi connectivity index (χ0v) is 12.9. The number of nitrogens with zero attached hydrogens (tertiary/aromatic N) is 2. The monoisotopic (exact) mass is 292 g/mol. The first-order valence-corrected chi connectivity index (χ1v) is 7.35. The number of carbonyl (C=O) groups excluding carboxylic acids is 1. The van der Waals surface area contributed by atoms with E-state index >= 15 is 0 Å². The van der Waals surface area contributed by atoms with E-state index in [0.717, 1.165) is 45.0 Å². The number of ether oxygens (including phenoxy) is 2. The molecule has 1 aromatic rings. The fraction of sp³-hybridized carbons (Fsp3) is 0.562. The number of hydrogen-bond acceptors (Lipinski definition) is 5. The quantitative estimate of drug-likeness (QED) is 0.741. The van der Waals surface area contributed by atoms with E-state index in [9.17, 15) is 4.79 Å². The number of benzene rings is 1. The molecule has 21 heavy (non-hydrogen) atoms. The molecule has 5 heteroatoms. The average molecular weight is 292 g/mol. The molecule has 2 rings (SSSR count). The lowest BCUT2D eigenvalue weighted by molar-refractivity contribution is -0.141. The Labute approximate surface area is 126 Å². The summed E-state index contributed by atoms with van der Waals surface area (Å²) in [6, 6.07) is 8.21. The molecule has 0 amide bonds. The molecule has 1 heterocycles. The van der Waals surface area contributed by atoms with Gasteiger partial charge in [-0.15, -0.1) is 0 Å². The number of piperazine rings is 1. The standard InChI is InChI=1S/C16H24N2O3/c1-20-15-5-3-4-14(12-15)13-18-10-8-17(9-11-18)7-6-16(19)21-2/h3-5,12H,6-11,13H2,1-2H3. The maximum absolute atomic E-state index is 11.1. The Morgan fingerprint density at radius 3 is 2.52 bits per heavy atom. The van der Waals surface area contributed by atoms with Gasteiger partial charge in [0.1, 0.15) is 5.75 Å². The van der Waals surface area contributed by atoms with Gasteiger partial charge in [0.15, 0.2) is 0 Å². The van der Waals surface area contributed by atoms with Crippen LogP contribution in [-0.4, -0.2) is 62.7 Å². The summed E-state index contributed by atoms with van der Waals surface area (Å²) >= 11 is 0. The SMILES string of the molecule is COC(=O)CCN1CCN(Cc2cccc(OC)c2)CC1. The second-order valence-corrected chi connectivity index (χ2v) is 5.30. The smallest absolute Gasteiger partial charge is 0.306 e. The lowest BCUT2D eigenvalue weighted by Crippen LogP contribution is -2.46. The van der Waals surface area contributed by atoms with Crippen LogP contribution < -0.4 is 4.74 Å². The number of esters is 1. The molecule has 0 aliphatic carbocycles. The predicted octanol–water partition coefficient (Wildman–Crippen LogP) is 1.38. The van der Waals surface area contributed by atoms with Crippen LogP contribution in [0.2, 0.25) is 0 Å². The summed E-state index contributed by atoms with van der Waals surface area (Å²) < 4.78 is 9.93. The molecular formula is C16H24N2O3.